The first-order chi connectivity index (χ1) is 15.5. The zero-order valence-electron chi connectivity index (χ0n) is 17.0. The van der Waals surface area contributed by atoms with Crippen LogP contribution in [0, 0.1) is 5.82 Å². The molecule has 0 unspecified atom stereocenters. The second-order valence-corrected chi connectivity index (χ2v) is 6.78. The van der Waals surface area contributed by atoms with Crippen molar-refractivity contribution in [3.05, 3.63) is 85.0 Å². The predicted octanol–water partition coefficient (Wildman–Crippen LogP) is 3.11. The lowest BCUT2D eigenvalue weighted by Crippen LogP contribution is -2.19. The van der Waals surface area contributed by atoms with Crippen molar-refractivity contribution in [1.82, 2.24) is 19.3 Å². The molecule has 10 heteroatoms. The number of amides is 2. The molecule has 0 saturated carbocycles. The number of nitrogens with one attached hydrogen (secondary N) is 2. The molecule has 0 fully saturated rings. The van der Waals surface area contributed by atoms with E-state index >= 15 is 0 Å². The van der Waals surface area contributed by atoms with Crippen LogP contribution in [0.2, 0.25) is 0 Å². The smallest absolute Gasteiger partial charge is 0.274 e. The van der Waals surface area contributed by atoms with Crippen LogP contribution in [0.4, 0.5) is 15.8 Å². The van der Waals surface area contributed by atoms with E-state index in [2.05, 4.69) is 20.7 Å². The van der Waals surface area contributed by atoms with Crippen molar-refractivity contribution in [2.75, 3.05) is 17.7 Å². The van der Waals surface area contributed by atoms with Crippen LogP contribution in [0.5, 0.6) is 5.75 Å². The summed E-state index contributed by atoms with van der Waals surface area (Å²) in [6.07, 6.45) is 5.86. The molecule has 0 bridgehead atoms. The Morgan fingerprint density at radius 1 is 1.00 bits per heavy atom. The minimum absolute atomic E-state index is 0.0323. The number of imidazole rings is 1. The van der Waals surface area contributed by atoms with Gasteiger partial charge >= 0.3 is 0 Å². The van der Waals surface area contributed by atoms with E-state index in [9.17, 15) is 14.0 Å². The number of anilines is 2. The van der Waals surface area contributed by atoms with E-state index in [4.69, 9.17) is 4.74 Å². The topological polar surface area (TPSA) is 103 Å². The second kappa shape index (κ2) is 9.13. The quantitative estimate of drug-likeness (QED) is 0.465. The van der Waals surface area contributed by atoms with Gasteiger partial charge in [-0.25, -0.2) is 9.37 Å². The Morgan fingerprint density at radius 2 is 1.75 bits per heavy atom. The molecule has 0 radical (unpaired) electrons. The number of carbonyl (C=O) groups excluding carboxylic acids is 2. The average molecular weight is 434 g/mol. The summed E-state index contributed by atoms with van der Waals surface area (Å²) in [5.74, 6) is -0.376. The van der Waals surface area contributed by atoms with Crippen molar-refractivity contribution >= 4 is 23.2 Å². The molecule has 162 valence electrons. The van der Waals surface area contributed by atoms with Gasteiger partial charge in [0.15, 0.2) is 0 Å². The molecule has 0 aliphatic rings. The Labute approximate surface area is 182 Å². The molecule has 2 aromatic heterocycles. The molecule has 0 aliphatic carbocycles. The largest absolute Gasteiger partial charge is 0.497 e. The van der Waals surface area contributed by atoms with Gasteiger partial charge in [-0.3, -0.25) is 18.8 Å². The van der Waals surface area contributed by atoms with Gasteiger partial charge in [-0.05, 0) is 48.5 Å². The van der Waals surface area contributed by atoms with Crippen molar-refractivity contribution in [2.45, 2.75) is 6.54 Å². The normalized spacial score (nSPS) is 10.6. The van der Waals surface area contributed by atoms with E-state index in [0.717, 1.165) is 0 Å². The minimum atomic E-state index is -0.422. The fourth-order valence-electron chi connectivity index (χ4n) is 3.00. The molecule has 2 aromatic carbocycles. The van der Waals surface area contributed by atoms with Crippen LogP contribution >= 0.6 is 0 Å². The highest BCUT2D eigenvalue weighted by Gasteiger charge is 2.15. The Bertz CT molecular complexity index is 1230. The van der Waals surface area contributed by atoms with Crippen LogP contribution in [-0.2, 0) is 11.3 Å². The summed E-state index contributed by atoms with van der Waals surface area (Å²) in [7, 11) is 1.57. The minimum Gasteiger partial charge on any atom is -0.497 e. The number of ether oxygens (including phenoxy) is 1. The average Bonchev–Trinajstić information content (AvgIpc) is 3.44. The summed E-state index contributed by atoms with van der Waals surface area (Å²) in [4.78, 5) is 28.9. The lowest BCUT2D eigenvalue weighted by molar-refractivity contribution is -0.116. The lowest BCUT2D eigenvalue weighted by atomic mass is 10.3. The second-order valence-electron chi connectivity index (χ2n) is 6.78. The van der Waals surface area contributed by atoms with E-state index in [1.54, 1.807) is 54.3 Å². The highest BCUT2D eigenvalue weighted by atomic mass is 19.1. The molecule has 4 aromatic rings. The van der Waals surface area contributed by atoms with Gasteiger partial charge in [-0.15, -0.1) is 0 Å². The maximum Gasteiger partial charge on any atom is 0.274 e. The molecular weight excluding hydrogens is 415 g/mol. The maximum atomic E-state index is 13.2. The van der Waals surface area contributed by atoms with Crippen LogP contribution in [0.3, 0.4) is 0 Å². The Morgan fingerprint density at radius 3 is 2.47 bits per heavy atom. The highest BCUT2D eigenvalue weighted by molar-refractivity contribution is 6.03. The number of rotatable bonds is 7. The first kappa shape index (κ1) is 20.8. The molecular formula is C22H19FN6O3. The van der Waals surface area contributed by atoms with Crippen LogP contribution < -0.4 is 15.4 Å². The molecule has 0 saturated heterocycles. The molecule has 2 heterocycles. The molecule has 0 atom stereocenters. The number of halogens is 1. The van der Waals surface area contributed by atoms with Gasteiger partial charge in [-0.2, -0.15) is 5.10 Å². The van der Waals surface area contributed by atoms with Crippen LogP contribution in [-0.4, -0.2) is 38.3 Å². The van der Waals surface area contributed by atoms with Gasteiger partial charge in [0.25, 0.3) is 5.91 Å². The summed E-state index contributed by atoms with van der Waals surface area (Å²) in [5.41, 5.74) is 1.91. The third kappa shape index (κ3) is 4.81. The third-order valence-corrected chi connectivity index (χ3v) is 4.55. The summed E-state index contributed by atoms with van der Waals surface area (Å²) in [6.45, 7) is -0.0323. The van der Waals surface area contributed by atoms with E-state index in [1.165, 1.54) is 35.5 Å². The van der Waals surface area contributed by atoms with Gasteiger partial charge in [0.05, 0.1) is 31.5 Å². The summed E-state index contributed by atoms with van der Waals surface area (Å²) >= 11 is 0. The molecule has 9 nitrogen and oxygen atoms in total. The van der Waals surface area contributed by atoms with Crippen molar-refractivity contribution < 1.29 is 18.7 Å². The summed E-state index contributed by atoms with van der Waals surface area (Å²) in [6, 6.07) is 12.7. The molecule has 2 amide bonds. The fraction of sp³-hybridized carbons (Fsp3) is 0.0909. The molecule has 0 aliphatic heterocycles. The van der Waals surface area contributed by atoms with Crippen LogP contribution in [0.25, 0.3) is 5.69 Å². The van der Waals surface area contributed by atoms with Crippen molar-refractivity contribution in [3.63, 3.8) is 0 Å². The molecule has 32 heavy (non-hydrogen) atoms. The summed E-state index contributed by atoms with van der Waals surface area (Å²) < 4.78 is 21.2. The van der Waals surface area contributed by atoms with Crippen molar-refractivity contribution in [3.8, 4) is 11.4 Å². The Kier molecular flexibility index (Phi) is 5.93. The number of nitrogens with zero attached hydrogens (tertiary/aromatic N) is 4. The maximum absolute atomic E-state index is 13.2. The van der Waals surface area contributed by atoms with Crippen LogP contribution in [0.1, 0.15) is 10.5 Å². The first-order valence-electron chi connectivity index (χ1n) is 9.58. The number of carbonyl (C=O) groups is 2. The van der Waals surface area contributed by atoms with E-state index < -0.39 is 5.91 Å². The van der Waals surface area contributed by atoms with E-state index in [0.29, 0.717) is 22.8 Å². The standard InChI is InChI=1S/C22H19FN6O3/c1-32-19-8-4-16(5-9-19)26-21(30)13-28-12-17(10-25-28)27-22(31)20-11-24-14-29(20)18-6-2-15(23)3-7-18/h2-12,14H,13H2,1H3,(H,26,30)(H,27,31). The zero-order chi connectivity index (χ0) is 22.5. The number of hydrogen-bond acceptors (Lipinski definition) is 5. The predicted molar refractivity (Wildman–Crippen MR) is 115 cm³/mol. The molecule has 4 rings (SSSR count). The van der Waals surface area contributed by atoms with Crippen molar-refractivity contribution in [2.24, 2.45) is 0 Å². The lowest BCUT2D eigenvalue weighted by Gasteiger charge is -2.08. The number of hydrogen-bond donors (Lipinski definition) is 2. The number of aromatic nitrogens is 4. The number of benzene rings is 2. The zero-order valence-corrected chi connectivity index (χ0v) is 17.0. The third-order valence-electron chi connectivity index (χ3n) is 4.55. The highest BCUT2D eigenvalue weighted by Crippen LogP contribution is 2.16. The van der Waals surface area contributed by atoms with Gasteiger partial charge in [-0.1, -0.05) is 0 Å². The Hall–Kier alpha value is -4.47. The monoisotopic (exact) mass is 434 g/mol. The van der Waals surface area contributed by atoms with Gasteiger partial charge in [0, 0.05) is 17.6 Å². The molecule has 2 N–H and O–H groups in total. The SMILES string of the molecule is COc1ccc(NC(=O)Cn2cc(NC(=O)c3cncn3-c3ccc(F)cc3)cn2)cc1. The summed E-state index contributed by atoms with van der Waals surface area (Å²) in [5, 5.41) is 9.59. The van der Waals surface area contributed by atoms with Gasteiger partial charge in [0.1, 0.15) is 23.8 Å². The van der Waals surface area contributed by atoms with Crippen LogP contribution in [0.15, 0.2) is 73.4 Å². The molecule has 0 spiro atoms. The first-order valence-corrected chi connectivity index (χ1v) is 9.58. The van der Waals surface area contributed by atoms with E-state index in [-0.39, 0.29) is 24.0 Å². The van der Waals surface area contributed by atoms with E-state index in [1.807, 2.05) is 0 Å². The number of methoxy groups -OCH3 is 1. The van der Waals surface area contributed by atoms with Gasteiger partial charge in [0.2, 0.25) is 5.91 Å². The van der Waals surface area contributed by atoms with Gasteiger partial charge < -0.3 is 15.4 Å². The fourth-order valence-corrected chi connectivity index (χ4v) is 3.00. The Balaban J connectivity index is 1.38. The van der Waals surface area contributed by atoms with Crippen molar-refractivity contribution in [1.29, 1.82) is 0 Å².